The zero-order chi connectivity index (χ0) is 24.1. The van der Waals surface area contributed by atoms with Gasteiger partial charge in [0.2, 0.25) is 5.71 Å². The maximum Gasteiger partial charge on any atom is 0.229 e. The summed E-state index contributed by atoms with van der Waals surface area (Å²) in [6, 6.07) is 10.3. The summed E-state index contributed by atoms with van der Waals surface area (Å²) in [7, 11) is 2.17. The van der Waals surface area contributed by atoms with Gasteiger partial charge in [0.15, 0.2) is 17.2 Å². The Balaban J connectivity index is 1.33. The van der Waals surface area contributed by atoms with E-state index in [2.05, 4.69) is 50.1 Å². The molecule has 0 amide bonds. The molecule has 0 aliphatic carbocycles. The molecule has 1 aromatic carbocycles. The number of benzene rings is 1. The lowest BCUT2D eigenvalue weighted by atomic mass is 10.1. The summed E-state index contributed by atoms with van der Waals surface area (Å²) < 4.78 is 12.0. The molecule has 6 heterocycles. The Hall–Kier alpha value is -3.60. The van der Waals surface area contributed by atoms with Crippen molar-refractivity contribution < 1.29 is 9.15 Å². The minimum Gasteiger partial charge on any atom is -0.432 e. The Morgan fingerprint density at radius 3 is 2.67 bits per heavy atom. The van der Waals surface area contributed by atoms with Gasteiger partial charge in [-0.1, -0.05) is 0 Å². The molecule has 2 saturated heterocycles. The first kappa shape index (κ1) is 21.7. The third-order valence-electron chi connectivity index (χ3n) is 7.21. The van der Waals surface area contributed by atoms with Crippen molar-refractivity contribution in [2.24, 2.45) is 0 Å². The lowest BCUT2D eigenvalue weighted by molar-refractivity contribution is 0.122. The van der Waals surface area contributed by atoms with Gasteiger partial charge in [-0.2, -0.15) is 5.10 Å². The Morgan fingerprint density at radius 2 is 1.81 bits per heavy atom. The largest absolute Gasteiger partial charge is 0.432 e. The minimum absolute atomic E-state index is 0.614. The smallest absolute Gasteiger partial charge is 0.229 e. The molecule has 10 nitrogen and oxygen atoms in total. The van der Waals surface area contributed by atoms with Gasteiger partial charge in [0.25, 0.3) is 0 Å². The molecule has 0 bridgehead atoms. The van der Waals surface area contributed by atoms with Gasteiger partial charge >= 0.3 is 0 Å². The van der Waals surface area contributed by atoms with Crippen LogP contribution in [0.25, 0.3) is 44.5 Å². The number of fused-ring (bicyclic) bond motifs is 4. The van der Waals surface area contributed by atoms with E-state index >= 15 is 0 Å². The monoisotopic (exact) mass is 484 g/mol. The number of piperazine rings is 1. The summed E-state index contributed by atoms with van der Waals surface area (Å²) in [6.45, 7) is 7.92. The van der Waals surface area contributed by atoms with E-state index in [1.54, 1.807) is 0 Å². The Kier molecular flexibility index (Phi) is 5.30. The average molecular weight is 485 g/mol. The molecule has 0 atom stereocenters. The van der Waals surface area contributed by atoms with Crippen molar-refractivity contribution in [2.45, 2.75) is 6.54 Å². The number of H-pyrrole nitrogens is 1. The Bertz CT molecular complexity index is 1550. The van der Waals surface area contributed by atoms with Crippen molar-refractivity contribution in [3.8, 4) is 11.4 Å². The van der Waals surface area contributed by atoms with Crippen molar-refractivity contribution in [3.05, 3.63) is 42.2 Å². The zero-order valence-corrected chi connectivity index (χ0v) is 20.3. The van der Waals surface area contributed by atoms with E-state index < -0.39 is 0 Å². The molecular weight excluding hydrogens is 456 g/mol. The van der Waals surface area contributed by atoms with Gasteiger partial charge in [0.1, 0.15) is 5.52 Å². The summed E-state index contributed by atoms with van der Waals surface area (Å²) >= 11 is 0. The van der Waals surface area contributed by atoms with Gasteiger partial charge in [0.05, 0.1) is 36.0 Å². The SMILES string of the molecule is CN1CCN(Cc2ccc3c(n2)oc2c(N4CCOCC4)nc(-c4ccc5[nH]ncc5c4)nc23)CC1. The van der Waals surface area contributed by atoms with Crippen LogP contribution < -0.4 is 4.90 Å². The third-order valence-corrected chi connectivity index (χ3v) is 7.21. The van der Waals surface area contributed by atoms with Crippen molar-refractivity contribution in [2.75, 3.05) is 64.4 Å². The standard InChI is InChI=1S/C26H28N8O2/c1-32-6-8-33(9-7-32)16-19-3-4-20-22-23(36-26(20)28-19)25(34-10-12-35-13-11-34)30-24(29-22)17-2-5-21-18(14-17)15-27-31-21/h2-5,14-15H,6-13,16H2,1H3,(H,27,31). The predicted molar refractivity (Wildman–Crippen MR) is 138 cm³/mol. The number of aromatic nitrogens is 5. The number of anilines is 1. The number of hydrogen-bond donors (Lipinski definition) is 1. The minimum atomic E-state index is 0.614. The Morgan fingerprint density at radius 1 is 0.944 bits per heavy atom. The molecule has 2 fully saturated rings. The molecule has 4 aromatic heterocycles. The molecule has 0 unspecified atom stereocenters. The van der Waals surface area contributed by atoms with Crippen molar-refractivity contribution >= 4 is 38.9 Å². The maximum atomic E-state index is 6.37. The van der Waals surface area contributed by atoms with Gasteiger partial charge < -0.3 is 19.0 Å². The zero-order valence-electron chi connectivity index (χ0n) is 20.3. The van der Waals surface area contributed by atoms with Crippen molar-refractivity contribution in [1.29, 1.82) is 0 Å². The second-order valence-corrected chi connectivity index (χ2v) is 9.66. The second kappa shape index (κ2) is 8.81. The number of likely N-dealkylation sites (N-methyl/N-ethyl adjacent to an activating group) is 1. The first-order valence-corrected chi connectivity index (χ1v) is 12.5. The molecule has 184 valence electrons. The summed E-state index contributed by atoms with van der Waals surface area (Å²) in [6.07, 6.45) is 1.82. The number of aromatic amines is 1. The van der Waals surface area contributed by atoms with E-state index in [0.717, 1.165) is 84.7 Å². The molecule has 7 rings (SSSR count). The highest BCUT2D eigenvalue weighted by molar-refractivity contribution is 6.05. The lowest BCUT2D eigenvalue weighted by Gasteiger charge is -2.31. The van der Waals surface area contributed by atoms with E-state index in [0.29, 0.717) is 30.3 Å². The topological polar surface area (TPSA) is 99.4 Å². The number of rotatable bonds is 4. The lowest BCUT2D eigenvalue weighted by Crippen LogP contribution is -2.43. The second-order valence-electron chi connectivity index (χ2n) is 9.66. The van der Waals surface area contributed by atoms with Crippen LogP contribution in [-0.2, 0) is 11.3 Å². The summed E-state index contributed by atoms with van der Waals surface area (Å²) in [4.78, 5) is 21.9. The van der Waals surface area contributed by atoms with Crippen LogP contribution in [-0.4, -0.2) is 94.5 Å². The average Bonchev–Trinajstić information content (AvgIpc) is 3.53. The van der Waals surface area contributed by atoms with Gasteiger partial charge in [-0.15, -0.1) is 0 Å². The quantitative estimate of drug-likeness (QED) is 0.413. The molecule has 2 aliphatic rings. The number of hydrogen-bond acceptors (Lipinski definition) is 9. The van der Waals surface area contributed by atoms with Gasteiger partial charge in [-0.3, -0.25) is 10.00 Å². The highest BCUT2D eigenvalue weighted by Crippen LogP contribution is 2.35. The first-order valence-electron chi connectivity index (χ1n) is 12.5. The summed E-state index contributed by atoms with van der Waals surface area (Å²) in [5.74, 6) is 1.46. The third kappa shape index (κ3) is 3.87. The predicted octanol–water partition coefficient (Wildman–Crippen LogP) is 2.90. The molecule has 0 saturated carbocycles. The molecule has 5 aromatic rings. The van der Waals surface area contributed by atoms with Crippen LogP contribution in [0.4, 0.5) is 5.82 Å². The van der Waals surface area contributed by atoms with E-state index in [4.69, 9.17) is 24.1 Å². The van der Waals surface area contributed by atoms with Crippen LogP contribution in [0.5, 0.6) is 0 Å². The molecule has 2 aliphatic heterocycles. The number of furan rings is 1. The number of ether oxygens (including phenoxy) is 1. The van der Waals surface area contributed by atoms with E-state index in [1.165, 1.54) is 0 Å². The van der Waals surface area contributed by atoms with Crippen LogP contribution >= 0.6 is 0 Å². The summed E-state index contributed by atoms with van der Waals surface area (Å²) in [5.41, 5.74) is 5.03. The van der Waals surface area contributed by atoms with Gasteiger partial charge in [-0.25, -0.2) is 15.0 Å². The van der Waals surface area contributed by atoms with Crippen LogP contribution in [0.15, 0.2) is 40.9 Å². The molecule has 0 radical (unpaired) electrons. The summed E-state index contributed by atoms with van der Waals surface area (Å²) in [5, 5.41) is 9.09. The van der Waals surface area contributed by atoms with E-state index in [1.807, 2.05) is 18.3 Å². The van der Waals surface area contributed by atoms with E-state index in [9.17, 15) is 0 Å². The number of nitrogens with zero attached hydrogens (tertiary/aromatic N) is 7. The number of nitrogens with one attached hydrogen (secondary N) is 1. The fraction of sp³-hybridized carbons (Fsp3) is 0.385. The maximum absolute atomic E-state index is 6.37. The van der Waals surface area contributed by atoms with Crippen molar-refractivity contribution in [3.63, 3.8) is 0 Å². The van der Waals surface area contributed by atoms with Crippen molar-refractivity contribution in [1.82, 2.24) is 34.9 Å². The molecule has 0 spiro atoms. The van der Waals surface area contributed by atoms with Gasteiger partial charge in [-0.05, 0) is 37.4 Å². The molecule has 36 heavy (non-hydrogen) atoms. The van der Waals surface area contributed by atoms with Gasteiger partial charge in [0, 0.05) is 56.8 Å². The van der Waals surface area contributed by atoms with Crippen LogP contribution in [0.1, 0.15) is 5.69 Å². The number of pyridine rings is 1. The Labute approximate surface area is 207 Å². The molecular formula is C26H28N8O2. The van der Waals surface area contributed by atoms with Crippen LogP contribution in [0.3, 0.4) is 0 Å². The fourth-order valence-electron chi connectivity index (χ4n) is 5.07. The van der Waals surface area contributed by atoms with Crippen LogP contribution in [0, 0.1) is 0 Å². The molecule has 1 N–H and O–H groups in total. The fourth-order valence-corrected chi connectivity index (χ4v) is 5.07. The van der Waals surface area contributed by atoms with Crippen LogP contribution in [0.2, 0.25) is 0 Å². The highest BCUT2D eigenvalue weighted by Gasteiger charge is 2.24. The first-order chi connectivity index (χ1) is 17.7. The molecule has 10 heteroatoms. The highest BCUT2D eigenvalue weighted by atomic mass is 16.5. The van der Waals surface area contributed by atoms with E-state index in [-0.39, 0.29) is 0 Å². The normalized spacial score (nSPS) is 18.1. The number of morpholine rings is 1.